The molecule has 0 bridgehead atoms. The summed E-state index contributed by atoms with van der Waals surface area (Å²) in [6.07, 6.45) is 1.56. The van der Waals surface area contributed by atoms with Gasteiger partial charge in [-0.25, -0.2) is 0 Å². The summed E-state index contributed by atoms with van der Waals surface area (Å²) in [5.41, 5.74) is 0. The van der Waals surface area contributed by atoms with E-state index in [9.17, 15) is 13.2 Å². The summed E-state index contributed by atoms with van der Waals surface area (Å²) in [6, 6.07) is 0. The zero-order valence-electron chi connectivity index (χ0n) is 9.10. The Hall–Kier alpha value is -0.620. The zero-order chi connectivity index (χ0) is 11.9. The Kier molecular flexibility index (Phi) is 6.51. The largest absolute Gasteiger partial charge is 0.465 e. The van der Waals surface area contributed by atoms with E-state index in [-0.39, 0.29) is 30.7 Å². The number of esters is 1. The quantitative estimate of drug-likeness (QED) is 0.410. The first-order chi connectivity index (χ1) is 6.90. The third kappa shape index (κ3) is 7.33. The topological polar surface area (TPSA) is 80.7 Å². The van der Waals surface area contributed by atoms with Crippen molar-refractivity contribution < 1.29 is 22.5 Å². The third-order valence-electron chi connectivity index (χ3n) is 2.11. The molecule has 5 nitrogen and oxygen atoms in total. The molecule has 0 amide bonds. The van der Waals surface area contributed by atoms with Crippen LogP contribution >= 0.6 is 0 Å². The van der Waals surface area contributed by atoms with E-state index in [1.54, 1.807) is 0 Å². The predicted molar refractivity (Wildman–Crippen MR) is 56.1 cm³/mol. The van der Waals surface area contributed by atoms with Crippen molar-refractivity contribution in [2.45, 2.75) is 33.1 Å². The number of rotatable bonds is 7. The molecule has 0 rings (SSSR count). The fraction of sp³-hybridized carbons (Fsp3) is 0.889. The number of hydrogen-bond donors (Lipinski definition) is 1. The molecule has 0 spiro atoms. The van der Waals surface area contributed by atoms with Crippen LogP contribution in [-0.4, -0.2) is 31.3 Å². The lowest BCUT2D eigenvalue weighted by Crippen LogP contribution is -2.18. The highest BCUT2D eigenvalue weighted by Gasteiger charge is 2.15. The van der Waals surface area contributed by atoms with Crippen LogP contribution in [0.4, 0.5) is 0 Å². The van der Waals surface area contributed by atoms with Crippen LogP contribution in [0.3, 0.4) is 0 Å². The summed E-state index contributed by atoms with van der Waals surface area (Å²) in [5.74, 6) is -0.783. The molecule has 0 aliphatic carbocycles. The SMILES string of the molecule is CCC(CC)C(=O)OCCCS(=O)(=O)O. The minimum absolute atomic E-state index is 0.0368. The second-order valence-electron chi connectivity index (χ2n) is 3.32. The highest BCUT2D eigenvalue weighted by molar-refractivity contribution is 7.85. The first-order valence-corrected chi connectivity index (χ1v) is 6.63. The molecule has 1 N–H and O–H groups in total. The van der Waals surface area contributed by atoms with E-state index in [0.717, 1.165) is 0 Å². The molecule has 6 heteroatoms. The molecule has 90 valence electrons. The summed E-state index contributed by atoms with van der Waals surface area (Å²) in [6.45, 7) is 3.83. The normalized spacial score (nSPS) is 11.7. The summed E-state index contributed by atoms with van der Waals surface area (Å²) in [7, 11) is -3.94. The van der Waals surface area contributed by atoms with Gasteiger partial charge in [0.2, 0.25) is 0 Å². The fourth-order valence-electron chi connectivity index (χ4n) is 1.15. The fourth-order valence-corrected chi connectivity index (χ4v) is 1.64. The van der Waals surface area contributed by atoms with Gasteiger partial charge in [-0.2, -0.15) is 8.42 Å². The molecule has 0 aromatic carbocycles. The van der Waals surface area contributed by atoms with Crippen LogP contribution in [0.5, 0.6) is 0 Å². The maximum absolute atomic E-state index is 11.3. The van der Waals surface area contributed by atoms with Gasteiger partial charge in [0.15, 0.2) is 0 Å². The van der Waals surface area contributed by atoms with E-state index in [0.29, 0.717) is 12.8 Å². The Morgan fingerprint density at radius 1 is 1.33 bits per heavy atom. The molecule has 0 unspecified atom stereocenters. The van der Waals surface area contributed by atoms with E-state index in [2.05, 4.69) is 0 Å². The second kappa shape index (κ2) is 6.79. The molecule has 15 heavy (non-hydrogen) atoms. The van der Waals surface area contributed by atoms with Gasteiger partial charge in [0.05, 0.1) is 18.3 Å². The van der Waals surface area contributed by atoms with Crippen molar-refractivity contribution in [3.8, 4) is 0 Å². The van der Waals surface area contributed by atoms with E-state index in [1.807, 2.05) is 13.8 Å². The lowest BCUT2D eigenvalue weighted by Gasteiger charge is -2.11. The molecular weight excluding hydrogens is 220 g/mol. The lowest BCUT2D eigenvalue weighted by molar-refractivity contribution is -0.148. The minimum atomic E-state index is -3.94. The number of ether oxygens (including phenoxy) is 1. The Labute approximate surface area is 90.6 Å². The number of hydrogen-bond acceptors (Lipinski definition) is 4. The summed E-state index contributed by atoms with van der Waals surface area (Å²) in [5, 5.41) is 0. The summed E-state index contributed by atoms with van der Waals surface area (Å²) < 4.78 is 34.0. The van der Waals surface area contributed by atoms with Crippen LogP contribution in [0.25, 0.3) is 0 Å². The molecule has 0 aromatic rings. The van der Waals surface area contributed by atoms with Crippen LogP contribution in [0.15, 0.2) is 0 Å². The molecular formula is C9H18O5S. The Balaban J connectivity index is 3.73. The standard InChI is InChI=1S/C9H18O5S/c1-3-8(4-2)9(10)14-6-5-7-15(11,12)13/h8H,3-7H2,1-2H3,(H,11,12,13). The van der Waals surface area contributed by atoms with Gasteiger partial charge in [0.1, 0.15) is 0 Å². The monoisotopic (exact) mass is 238 g/mol. The van der Waals surface area contributed by atoms with Gasteiger partial charge in [-0.1, -0.05) is 13.8 Å². The van der Waals surface area contributed by atoms with Crippen molar-refractivity contribution >= 4 is 16.1 Å². The van der Waals surface area contributed by atoms with E-state index >= 15 is 0 Å². The molecule has 0 aromatic heterocycles. The smallest absolute Gasteiger partial charge is 0.308 e. The zero-order valence-corrected chi connectivity index (χ0v) is 9.92. The highest BCUT2D eigenvalue weighted by atomic mass is 32.2. The van der Waals surface area contributed by atoms with Gasteiger partial charge in [0.25, 0.3) is 10.1 Å². The van der Waals surface area contributed by atoms with Crippen molar-refractivity contribution in [1.29, 1.82) is 0 Å². The van der Waals surface area contributed by atoms with Gasteiger partial charge in [-0.15, -0.1) is 0 Å². The van der Waals surface area contributed by atoms with Gasteiger partial charge in [-0.05, 0) is 19.3 Å². The van der Waals surface area contributed by atoms with Crippen molar-refractivity contribution in [1.82, 2.24) is 0 Å². The molecule has 0 saturated heterocycles. The minimum Gasteiger partial charge on any atom is -0.465 e. The van der Waals surface area contributed by atoms with Crippen LogP contribution in [0.2, 0.25) is 0 Å². The maximum Gasteiger partial charge on any atom is 0.308 e. The van der Waals surface area contributed by atoms with Crippen LogP contribution in [0.1, 0.15) is 33.1 Å². The summed E-state index contributed by atoms with van der Waals surface area (Å²) >= 11 is 0. The van der Waals surface area contributed by atoms with E-state index in [1.165, 1.54) is 0 Å². The molecule has 0 radical (unpaired) electrons. The first-order valence-electron chi connectivity index (χ1n) is 5.02. The van der Waals surface area contributed by atoms with Gasteiger partial charge in [-0.3, -0.25) is 9.35 Å². The van der Waals surface area contributed by atoms with Crippen molar-refractivity contribution in [2.24, 2.45) is 5.92 Å². The van der Waals surface area contributed by atoms with Crippen molar-refractivity contribution in [3.05, 3.63) is 0 Å². The van der Waals surface area contributed by atoms with Crippen LogP contribution in [-0.2, 0) is 19.6 Å². The Morgan fingerprint density at radius 2 is 1.87 bits per heavy atom. The molecule has 0 fully saturated rings. The van der Waals surface area contributed by atoms with Crippen LogP contribution < -0.4 is 0 Å². The van der Waals surface area contributed by atoms with Crippen LogP contribution in [0, 0.1) is 5.92 Å². The second-order valence-corrected chi connectivity index (χ2v) is 4.89. The Morgan fingerprint density at radius 3 is 2.27 bits per heavy atom. The third-order valence-corrected chi connectivity index (χ3v) is 2.91. The average Bonchev–Trinajstić information content (AvgIpc) is 2.13. The number of carbonyl (C=O) groups is 1. The van der Waals surface area contributed by atoms with Crippen molar-refractivity contribution in [2.75, 3.05) is 12.4 Å². The molecule has 0 aliphatic rings. The molecule has 0 atom stereocenters. The molecule has 0 heterocycles. The predicted octanol–water partition coefficient (Wildman–Crippen LogP) is 1.24. The van der Waals surface area contributed by atoms with E-state index < -0.39 is 10.1 Å². The van der Waals surface area contributed by atoms with E-state index in [4.69, 9.17) is 9.29 Å². The van der Waals surface area contributed by atoms with Gasteiger partial charge in [0, 0.05) is 0 Å². The molecule has 0 saturated carbocycles. The average molecular weight is 238 g/mol. The first kappa shape index (κ1) is 14.4. The van der Waals surface area contributed by atoms with Crippen molar-refractivity contribution in [3.63, 3.8) is 0 Å². The molecule has 0 aliphatic heterocycles. The maximum atomic E-state index is 11.3. The lowest BCUT2D eigenvalue weighted by atomic mass is 10.0. The number of carbonyl (C=O) groups excluding carboxylic acids is 1. The van der Waals surface area contributed by atoms with Gasteiger partial charge < -0.3 is 4.74 Å². The Bertz CT molecular complexity index is 279. The summed E-state index contributed by atoms with van der Waals surface area (Å²) in [4.78, 5) is 11.3. The van der Waals surface area contributed by atoms with Gasteiger partial charge >= 0.3 is 5.97 Å². The highest BCUT2D eigenvalue weighted by Crippen LogP contribution is 2.09.